The number of ether oxygens (including phenoxy) is 3. The molecule has 8 rings (SSSR count). The summed E-state index contributed by atoms with van der Waals surface area (Å²) in [4.78, 5) is 38.7. The SMILES string of the molecule is Nc1nc2c(nnn2[C@@H]2O[C@@H]3COP(=S)(S)O[C@H]4[C@H]5OC[C@]4(COP(O)(=S)O[C@@H]2[C@H]3F)O[C@H]5n2cnc3c(N)ccnc32)c(=O)[nH]1. The summed E-state index contributed by atoms with van der Waals surface area (Å²) in [6.45, 7) is -5.22. The molecule has 0 aromatic carbocycles. The number of halogens is 1. The van der Waals surface area contributed by atoms with Crippen molar-refractivity contribution in [3.05, 3.63) is 28.9 Å². The fourth-order valence-corrected chi connectivity index (χ4v) is 9.29. The number of nitrogens with one attached hydrogen (secondary N) is 1. The molecule has 46 heavy (non-hydrogen) atoms. The Kier molecular flexibility index (Phi) is 7.35. The van der Waals surface area contributed by atoms with Gasteiger partial charge in [-0.2, -0.15) is 9.67 Å². The smallest absolute Gasteiger partial charge is 0.325 e. The van der Waals surface area contributed by atoms with Crippen LogP contribution in [0.5, 0.6) is 0 Å². The van der Waals surface area contributed by atoms with Crippen LogP contribution in [-0.4, -0.2) is 100 Å². The number of aromatic amines is 1. The molecule has 0 saturated carbocycles. The van der Waals surface area contributed by atoms with E-state index in [0.717, 1.165) is 4.68 Å². The third-order valence-corrected chi connectivity index (χ3v) is 11.7. The lowest BCUT2D eigenvalue weighted by atomic mass is 10.0. The summed E-state index contributed by atoms with van der Waals surface area (Å²) in [5.41, 5.74) is 7.19. The molecular formula is C21H23FN10O9P2S3. The molecule has 6 N–H and O–H groups in total. The number of nitrogens with zero attached hydrogens (tertiary/aromatic N) is 7. The summed E-state index contributed by atoms with van der Waals surface area (Å²) < 4.78 is 60.7. The molecule has 0 spiro atoms. The van der Waals surface area contributed by atoms with Crippen LogP contribution in [0.2, 0.25) is 0 Å². The standard InChI is InChI=1S/C21H23FN10O9P2S3/c22-9-8-3-36-43(45,46)41-14-13-18(31-6-26-10-7(23)1-2-25-15(10)31)39-21(14,4-35-13)5-37-42(34,44)40-12(9)19(38-8)32-16-11(29-30-32)17(33)28-20(24)27-16/h1-2,6,8-9,12-14,18-19H,3-5H2,(H2,23,25)(H,34,44)(H,45,46)(H3,24,27,28,33)/t8-,9+,12-,13-,14+,18-,19-,21-,42?/m1/s1. The molecule has 4 aliphatic heterocycles. The molecule has 10 atom stereocenters. The molecule has 4 fully saturated rings. The number of hydrogen-bond donors (Lipinski definition) is 5. The monoisotopic (exact) mass is 736 g/mol. The van der Waals surface area contributed by atoms with E-state index in [1.165, 1.54) is 12.5 Å². The number of imidazole rings is 1. The van der Waals surface area contributed by atoms with Crippen molar-refractivity contribution in [2.45, 2.75) is 48.6 Å². The maximum Gasteiger partial charge on any atom is 0.325 e. The van der Waals surface area contributed by atoms with Gasteiger partial charge in [-0.25, -0.2) is 14.4 Å². The number of aromatic nitrogens is 8. The van der Waals surface area contributed by atoms with Crippen molar-refractivity contribution in [2.75, 3.05) is 31.3 Å². The minimum Gasteiger partial charge on any atom is -0.397 e. The summed E-state index contributed by atoms with van der Waals surface area (Å²) in [7, 11) is 0. The summed E-state index contributed by atoms with van der Waals surface area (Å²) in [6.07, 6.45) is -5.97. The van der Waals surface area contributed by atoms with E-state index in [0.29, 0.717) is 16.9 Å². The Labute approximate surface area is 271 Å². The Morgan fingerprint density at radius 2 is 1.96 bits per heavy atom. The van der Waals surface area contributed by atoms with Crippen LogP contribution in [0.15, 0.2) is 23.4 Å². The Balaban J connectivity index is 1.14. The molecule has 246 valence electrons. The summed E-state index contributed by atoms with van der Waals surface area (Å²) in [6, 6.07) is 1.62. The normalized spacial score (nSPS) is 39.7. The highest BCUT2D eigenvalue weighted by atomic mass is 32.9. The van der Waals surface area contributed by atoms with E-state index in [4.69, 9.17) is 67.4 Å². The highest BCUT2D eigenvalue weighted by molar-refractivity contribution is 8.60. The molecule has 0 radical (unpaired) electrons. The van der Waals surface area contributed by atoms with E-state index >= 15 is 4.39 Å². The van der Waals surface area contributed by atoms with E-state index in [2.05, 4.69) is 42.5 Å². The van der Waals surface area contributed by atoms with Gasteiger partial charge in [-0.15, -0.1) is 5.10 Å². The fraction of sp³-hybridized carbons (Fsp3) is 0.524. The predicted octanol–water partition coefficient (Wildman–Crippen LogP) is 0.214. The molecule has 4 bridgehead atoms. The fourth-order valence-electron chi connectivity index (χ4n) is 5.90. The Morgan fingerprint density at radius 3 is 2.78 bits per heavy atom. The Hall–Kier alpha value is -2.24. The molecule has 2 unspecified atom stereocenters. The van der Waals surface area contributed by atoms with Gasteiger partial charge in [-0.05, 0) is 29.7 Å². The number of pyridine rings is 1. The number of nitrogen functional groups attached to an aromatic ring is 2. The van der Waals surface area contributed by atoms with Crippen molar-refractivity contribution in [3.63, 3.8) is 0 Å². The largest absolute Gasteiger partial charge is 0.397 e. The molecule has 25 heteroatoms. The molecule has 4 aliphatic rings. The first-order valence-corrected chi connectivity index (χ1v) is 19.8. The second kappa shape index (κ2) is 10.9. The van der Waals surface area contributed by atoms with Crippen LogP contribution in [0, 0.1) is 0 Å². The van der Waals surface area contributed by atoms with Gasteiger partial charge in [0.15, 0.2) is 35.4 Å². The van der Waals surface area contributed by atoms with Crippen LogP contribution in [-0.2, 0) is 55.9 Å². The summed E-state index contributed by atoms with van der Waals surface area (Å²) in [5.74, 6) is -0.248. The van der Waals surface area contributed by atoms with Crippen molar-refractivity contribution in [1.82, 2.24) is 39.5 Å². The predicted molar refractivity (Wildman–Crippen MR) is 165 cm³/mol. The second-order valence-electron chi connectivity index (χ2n) is 10.8. The third-order valence-electron chi connectivity index (χ3n) is 7.97. The average Bonchev–Trinajstić information content (AvgIpc) is 3.80. The van der Waals surface area contributed by atoms with Crippen molar-refractivity contribution in [2.24, 2.45) is 0 Å². The maximum atomic E-state index is 16.0. The lowest BCUT2D eigenvalue weighted by Crippen LogP contribution is -2.45. The van der Waals surface area contributed by atoms with Crippen LogP contribution in [0.3, 0.4) is 0 Å². The number of anilines is 2. The maximum absolute atomic E-state index is 16.0. The van der Waals surface area contributed by atoms with Gasteiger partial charge in [0.2, 0.25) is 11.6 Å². The first-order chi connectivity index (χ1) is 21.8. The second-order valence-corrected chi connectivity index (χ2v) is 18.9. The zero-order chi connectivity index (χ0) is 32.2. The number of H-pyrrole nitrogens is 1. The van der Waals surface area contributed by atoms with Gasteiger partial charge in [0.1, 0.15) is 35.5 Å². The van der Waals surface area contributed by atoms with Gasteiger partial charge in [0.05, 0.1) is 31.8 Å². The number of rotatable bonds is 2. The molecular weight excluding hydrogens is 713 g/mol. The number of nitrogens with two attached hydrogens (primary N) is 2. The van der Waals surface area contributed by atoms with E-state index in [-0.39, 0.29) is 23.7 Å². The molecule has 0 amide bonds. The average molecular weight is 737 g/mol. The van der Waals surface area contributed by atoms with Crippen LogP contribution in [0.1, 0.15) is 12.5 Å². The molecule has 4 saturated heterocycles. The first kappa shape index (κ1) is 31.1. The zero-order valence-electron chi connectivity index (χ0n) is 22.9. The number of fused-ring (bicyclic) bond motifs is 4. The van der Waals surface area contributed by atoms with E-state index in [1.807, 2.05) is 0 Å². The van der Waals surface area contributed by atoms with Crippen LogP contribution in [0.25, 0.3) is 22.3 Å². The summed E-state index contributed by atoms with van der Waals surface area (Å²) >= 11 is 15.4. The van der Waals surface area contributed by atoms with Crippen molar-refractivity contribution >= 4 is 82.2 Å². The highest BCUT2D eigenvalue weighted by Crippen LogP contribution is 2.62. The molecule has 4 aromatic heterocycles. The molecule has 19 nitrogen and oxygen atoms in total. The van der Waals surface area contributed by atoms with E-state index in [9.17, 15) is 9.69 Å². The van der Waals surface area contributed by atoms with Gasteiger partial charge in [0.25, 0.3) is 5.56 Å². The van der Waals surface area contributed by atoms with Crippen LogP contribution in [0.4, 0.5) is 16.0 Å². The zero-order valence-corrected chi connectivity index (χ0v) is 27.2. The first-order valence-electron chi connectivity index (χ1n) is 13.4. The minimum absolute atomic E-state index is 0.0599. The summed E-state index contributed by atoms with van der Waals surface area (Å²) in [5, 5.41) is 7.71. The van der Waals surface area contributed by atoms with E-state index < -0.39 is 79.8 Å². The third kappa shape index (κ3) is 5.00. The Morgan fingerprint density at radius 1 is 1.13 bits per heavy atom. The number of thiol groups is 1. The van der Waals surface area contributed by atoms with Crippen molar-refractivity contribution in [1.29, 1.82) is 0 Å². The topological polar surface area (TPSA) is 244 Å². The van der Waals surface area contributed by atoms with Crippen molar-refractivity contribution in [3.8, 4) is 0 Å². The molecule has 0 aliphatic carbocycles. The quantitative estimate of drug-likeness (QED) is 0.136. The van der Waals surface area contributed by atoms with Crippen LogP contribution >= 0.6 is 24.7 Å². The lowest BCUT2D eigenvalue weighted by Gasteiger charge is -2.33. The Bertz CT molecular complexity index is 2040. The van der Waals surface area contributed by atoms with Gasteiger partial charge in [-0.3, -0.25) is 18.9 Å². The minimum atomic E-state index is -4.28. The van der Waals surface area contributed by atoms with Gasteiger partial charge < -0.3 is 44.1 Å². The number of alkyl halides is 1. The number of hydrogen-bond acceptors (Lipinski definition) is 17. The van der Waals surface area contributed by atoms with Crippen molar-refractivity contribution < 1.29 is 41.6 Å². The van der Waals surface area contributed by atoms with Gasteiger partial charge in [-0.1, -0.05) is 17.5 Å². The van der Waals surface area contributed by atoms with Gasteiger partial charge >= 0.3 is 6.72 Å². The molecule has 8 heterocycles. The lowest BCUT2D eigenvalue weighted by molar-refractivity contribution is -0.183. The van der Waals surface area contributed by atoms with Crippen LogP contribution < -0.4 is 17.0 Å². The van der Waals surface area contributed by atoms with Gasteiger partial charge in [0, 0.05) is 6.20 Å². The highest BCUT2D eigenvalue weighted by Gasteiger charge is 2.65. The van der Waals surface area contributed by atoms with E-state index in [1.54, 1.807) is 10.6 Å². The molecule has 4 aromatic rings.